The molecule has 0 aliphatic carbocycles. The Kier molecular flexibility index (Phi) is 4.10. The minimum absolute atomic E-state index is 0.0555. The second-order valence-electron chi connectivity index (χ2n) is 4.86. The summed E-state index contributed by atoms with van der Waals surface area (Å²) in [5, 5.41) is 10.2. The van der Waals surface area contributed by atoms with E-state index in [1.54, 1.807) is 11.0 Å². The first-order valence-corrected chi connectivity index (χ1v) is 6.65. The topological polar surface area (TPSA) is 57.6 Å². The summed E-state index contributed by atoms with van der Waals surface area (Å²) in [4.78, 5) is 25.3. The van der Waals surface area contributed by atoms with E-state index in [1.165, 1.54) is 19.1 Å². The number of benzene rings is 1. The van der Waals surface area contributed by atoms with Gasteiger partial charge < -0.3 is 10.0 Å². The molecule has 0 saturated carbocycles. The summed E-state index contributed by atoms with van der Waals surface area (Å²) in [6.07, 6.45) is 2.10. The van der Waals surface area contributed by atoms with Gasteiger partial charge in [0.05, 0.1) is 5.56 Å². The fraction of sp³-hybridized carbons (Fsp3) is 0.429. The first-order valence-electron chi connectivity index (χ1n) is 6.28. The Balaban J connectivity index is 2.20. The van der Waals surface area contributed by atoms with E-state index in [4.69, 9.17) is 11.6 Å². The van der Waals surface area contributed by atoms with Gasteiger partial charge in [0.15, 0.2) is 0 Å². The molecule has 1 fully saturated rings. The monoisotopic (exact) mass is 281 g/mol. The zero-order chi connectivity index (χ0) is 14.0. The zero-order valence-corrected chi connectivity index (χ0v) is 11.5. The van der Waals surface area contributed by atoms with Crippen molar-refractivity contribution in [2.24, 2.45) is 0 Å². The summed E-state index contributed by atoms with van der Waals surface area (Å²) < 4.78 is 0. The molecule has 1 aliphatic heterocycles. The number of phenols is 1. The maximum atomic E-state index is 12.4. The van der Waals surface area contributed by atoms with E-state index >= 15 is 0 Å². The number of amides is 1. The first-order chi connectivity index (χ1) is 8.99. The van der Waals surface area contributed by atoms with E-state index in [0.29, 0.717) is 18.0 Å². The molecular formula is C14H16ClNO3. The Bertz CT molecular complexity index is 515. The lowest BCUT2D eigenvalue weighted by Gasteiger charge is -2.24. The minimum atomic E-state index is -0.238. The first kappa shape index (κ1) is 13.9. The molecule has 0 spiro atoms. The highest BCUT2D eigenvalue weighted by Gasteiger charge is 2.31. The molecule has 1 aliphatic rings. The van der Waals surface area contributed by atoms with Crippen LogP contribution in [0.3, 0.4) is 0 Å². The fourth-order valence-electron chi connectivity index (χ4n) is 2.49. The van der Waals surface area contributed by atoms with Crippen molar-refractivity contribution in [3.63, 3.8) is 0 Å². The summed E-state index contributed by atoms with van der Waals surface area (Å²) in [5.41, 5.74) is 0.236. The van der Waals surface area contributed by atoms with Crippen molar-refractivity contribution in [1.29, 1.82) is 0 Å². The van der Waals surface area contributed by atoms with Crippen molar-refractivity contribution in [3.8, 4) is 5.75 Å². The molecule has 1 saturated heterocycles. The Labute approximate surface area is 117 Å². The van der Waals surface area contributed by atoms with Crippen LogP contribution in [0.5, 0.6) is 5.75 Å². The lowest BCUT2D eigenvalue weighted by Crippen LogP contribution is -2.36. The molecule has 1 atom stereocenters. The second kappa shape index (κ2) is 5.61. The summed E-state index contributed by atoms with van der Waals surface area (Å²) >= 11 is 5.75. The quantitative estimate of drug-likeness (QED) is 0.926. The number of carbonyl (C=O) groups excluding carboxylic acids is 2. The summed E-state index contributed by atoms with van der Waals surface area (Å²) in [7, 11) is 0. The molecule has 1 N–H and O–H groups in total. The van der Waals surface area contributed by atoms with Gasteiger partial charge in [-0.05, 0) is 38.0 Å². The average Bonchev–Trinajstić information content (AvgIpc) is 2.75. The summed E-state index contributed by atoms with van der Waals surface area (Å²) in [6.45, 7) is 2.15. The fourth-order valence-corrected chi connectivity index (χ4v) is 2.65. The number of Topliss-reactive ketones (excluding diaryl/α,β-unsaturated/α-hetero) is 1. The molecule has 1 amide bonds. The third-order valence-corrected chi connectivity index (χ3v) is 3.59. The number of carbonyl (C=O) groups is 2. The third-order valence-electron chi connectivity index (χ3n) is 3.35. The normalized spacial score (nSPS) is 18.6. The van der Waals surface area contributed by atoms with Crippen molar-refractivity contribution in [2.75, 3.05) is 6.54 Å². The van der Waals surface area contributed by atoms with Crippen LogP contribution in [0.4, 0.5) is 0 Å². The predicted octanol–water partition coefficient (Wildman–Crippen LogP) is 2.63. The Morgan fingerprint density at radius 1 is 1.47 bits per heavy atom. The molecule has 0 bridgehead atoms. The highest BCUT2D eigenvalue weighted by atomic mass is 35.5. The van der Waals surface area contributed by atoms with Gasteiger partial charge in [0.2, 0.25) is 0 Å². The van der Waals surface area contributed by atoms with Crippen LogP contribution >= 0.6 is 11.6 Å². The van der Waals surface area contributed by atoms with E-state index in [1.807, 2.05) is 0 Å². The number of hydrogen-bond acceptors (Lipinski definition) is 3. The maximum absolute atomic E-state index is 12.4. The van der Waals surface area contributed by atoms with Crippen LogP contribution in [0.2, 0.25) is 5.02 Å². The number of phenolic OH excluding ortho intramolecular Hbond substituents is 1. The van der Waals surface area contributed by atoms with Crippen LogP contribution in [-0.4, -0.2) is 34.3 Å². The van der Waals surface area contributed by atoms with E-state index < -0.39 is 0 Å². The van der Waals surface area contributed by atoms with Crippen LogP contribution in [0.15, 0.2) is 18.2 Å². The van der Waals surface area contributed by atoms with E-state index in [9.17, 15) is 14.7 Å². The molecule has 1 heterocycles. The van der Waals surface area contributed by atoms with Gasteiger partial charge in [-0.1, -0.05) is 11.6 Å². The molecule has 2 rings (SSSR count). The number of hydrogen-bond donors (Lipinski definition) is 1. The van der Waals surface area contributed by atoms with Crippen molar-refractivity contribution < 1.29 is 14.7 Å². The van der Waals surface area contributed by atoms with Crippen LogP contribution in [0.1, 0.15) is 36.5 Å². The van der Waals surface area contributed by atoms with Gasteiger partial charge in [-0.15, -0.1) is 0 Å². The summed E-state index contributed by atoms with van der Waals surface area (Å²) in [6, 6.07) is 4.39. The second-order valence-corrected chi connectivity index (χ2v) is 5.30. The van der Waals surface area contributed by atoms with Gasteiger partial charge in [0.1, 0.15) is 11.5 Å². The van der Waals surface area contributed by atoms with Gasteiger partial charge in [0, 0.05) is 24.0 Å². The Morgan fingerprint density at radius 2 is 2.21 bits per heavy atom. The van der Waals surface area contributed by atoms with E-state index in [2.05, 4.69) is 0 Å². The largest absolute Gasteiger partial charge is 0.507 e. The van der Waals surface area contributed by atoms with Crippen molar-refractivity contribution >= 4 is 23.3 Å². The van der Waals surface area contributed by atoms with Crippen molar-refractivity contribution in [3.05, 3.63) is 28.8 Å². The zero-order valence-electron chi connectivity index (χ0n) is 10.7. The molecule has 102 valence electrons. The highest BCUT2D eigenvalue weighted by molar-refractivity contribution is 6.30. The number of aromatic hydroxyl groups is 1. The Morgan fingerprint density at radius 3 is 2.84 bits per heavy atom. The standard InChI is InChI=1S/C14H16ClNO3/c1-9(17)7-11-3-2-6-16(11)14(19)12-5-4-10(15)8-13(12)18/h4-5,8,11,18H,2-3,6-7H2,1H3. The van der Waals surface area contributed by atoms with Crippen molar-refractivity contribution in [2.45, 2.75) is 32.2 Å². The third kappa shape index (κ3) is 3.07. The van der Waals surface area contributed by atoms with Gasteiger partial charge in [-0.3, -0.25) is 9.59 Å². The summed E-state index contributed by atoms with van der Waals surface area (Å²) in [5.74, 6) is -0.283. The van der Waals surface area contributed by atoms with Gasteiger partial charge in [0.25, 0.3) is 5.91 Å². The van der Waals surface area contributed by atoms with E-state index in [0.717, 1.165) is 12.8 Å². The molecule has 1 unspecified atom stereocenters. The SMILES string of the molecule is CC(=O)CC1CCCN1C(=O)c1ccc(Cl)cc1O. The van der Waals surface area contributed by atoms with Crippen LogP contribution in [0, 0.1) is 0 Å². The molecule has 1 aromatic carbocycles. The lowest BCUT2D eigenvalue weighted by atomic mass is 10.1. The molecule has 1 aromatic rings. The maximum Gasteiger partial charge on any atom is 0.257 e. The average molecular weight is 282 g/mol. The molecular weight excluding hydrogens is 266 g/mol. The molecule has 5 heteroatoms. The number of likely N-dealkylation sites (tertiary alicyclic amines) is 1. The van der Waals surface area contributed by atoms with Gasteiger partial charge >= 0.3 is 0 Å². The van der Waals surface area contributed by atoms with Gasteiger partial charge in [-0.25, -0.2) is 0 Å². The Hall–Kier alpha value is -1.55. The molecule has 4 nitrogen and oxygen atoms in total. The highest BCUT2D eigenvalue weighted by Crippen LogP contribution is 2.27. The number of nitrogens with zero attached hydrogens (tertiary/aromatic N) is 1. The number of halogens is 1. The van der Waals surface area contributed by atoms with E-state index in [-0.39, 0.29) is 29.0 Å². The molecule has 0 aromatic heterocycles. The molecule has 0 radical (unpaired) electrons. The smallest absolute Gasteiger partial charge is 0.257 e. The molecule has 19 heavy (non-hydrogen) atoms. The van der Waals surface area contributed by atoms with Gasteiger partial charge in [-0.2, -0.15) is 0 Å². The van der Waals surface area contributed by atoms with Crippen LogP contribution in [0.25, 0.3) is 0 Å². The van der Waals surface area contributed by atoms with Crippen LogP contribution < -0.4 is 0 Å². The lowest BCUT2D eigenvalue weighted by molar-refractivity contribution is -0.117. The van der Waals surface area contributed by atoms with Crippen LogP contribution in [-0.2, 0) is 4.79 Å². The number of rotatable bonds is 3. The minimum Gasteiger partial charge on any atom is -0.507 e. The van der Waals surface area contributed by atoms with Crippen molar-refractivity contribution in [1.82, 2.24) is 4.90 Å². The predicted molar refractivity (Wildman–Crippen MR) is 72.5 cm³/mol. The number of ketones is 1.